The average Bonchev–Trinajstić information content (AvgIpc) is 3.02. The highest BCUT2D eigenvalue weighted by atomic mass is 16.5. The molecule has 1 fully saturated rings. The minimum absolute atomic E-state index is 0.114. The summed E-state index contributed by atoms with van der Waals surface area (Å²) in [7, 11) is 0. The van der Waals surface area contributed by atoms with Crippen molar-refractivity contribution in [2.24, 2.45) is 0 Å². The van der Waals surface area contributed by atoms with Crippen LogP contribution in [0.2, 0.25) is 0 Å². The van der Waals surface area contributed by atoms with Gasteiger partial charge in [-0.05, 0) is 58.4 Å². The number of carbonyl (C=O) groups excluding carboxylic acids is 1. The number of hydrogen-bond donors (Lipinski definition) is 2. The van der Waals surface area contributed by atoms with Crippen molar-refractivity contribution in [2.45, 2.75) is 53.4 Å². The third kappa shape index (κ3) is 4.31. The van der Waals surface area contributed by atoms with E-state index >= 15 is 0 Å². The van der Waals surface area contributed by atoms with E-state index in [0.29, 0.717) is 34.4 Å². The van der Waals surface area contributed by atoms with E-state index in [9.17, 15) is 9.90 Å². The number of phenolic OH excluding ortho intramolecular Hbond substituents is 1. The molecule has 2 aromatic carbocycles. The number of nitrogens with one attached hydrogen (secondary N) is 1. The summed E-state index contributed by atoms with van der Waals surface area (Å²) in [6, 6.07) is 9.28. The van der Waals surface area contributed by atoms with Crippen molar-refractivity contribution in [3.63, 3.8) is 0 Å². The lowest BCUT2D eigenvalue weighted by Gasteiger charge is -2.35. The van der Waals surface area contributed by atoms with E-state index in [1.54, 1.807) is 19.1 Å². The summed E-state index contributed by atoms with van der Waals surface area (Å²) in [4.78, 5) is 15.6. The van der Waals surface area contributed by atoms with Crippen molar-refractivity contribution in [3.05, 3.63) is 58.3 Å². The van der Waals surface area contributed by atoms with Crippen molar-refractivity contribution in [3.8, 4) is 5.75 Å². The van der Waals surface area contributed by atoms with Gasteiger partial charge in [-0.1, -0.05) is 17.7 Å². The van der Waals surface area contributed by atoms with Gasteiger partial charge in [0.25, 0.3) is 5.91 Å². The maximum absolute atomic E-state index is 13.3. The first-order chi connectivity index (χ1) is 14.7. The first-order valence-corrected chi connectivity index (χ1v) is 10.7. The van der Waals surface area contributed by atoms with Crippen LogP contribution < -0.4 is 5.32 Å². The molecule has 31 heavy (non-hydrogen) atoms. The van der Waals surface area contributed by atoms with Crippen molar-refractivity contribution < 1.29 is 19.1 Å². The van der Waals surface area contributed by atoms with Gasteiger partial charge in [-0.3, -0.25) is 9.69 Å². The maximum Gasteiger partial charge on any atom is 0.259 e. The molecule has 1 amide bonds. The maximum atomic E-state index is 13.3. The molecule has 0 bridgehead atoms. The molecule has 164 valence electrons. The highest BCUT2D eigenvalue weighted by Crippen LogP contribution is 2.35. The normalized spacial score (nSPS) is 19.6. The van der Waals surface area contributed by atoms with Gasteiger partial charge in [0, 0.05) is 36.3 Å². The molecule has 4 rings (SSSR count). The first kappa shape index (κ1) is 21.4. The zero-order valence-electron chi connectivity index (χ0n) is 18.8. The summed E-state index contributed by atoms with van der Waals surface area (Å²) in [6.07, 6.45) is 0.229. The zero-order chi connectivity index (χ0) is 22.3. The van der Waals surface area contributed by atoms with Gasteiger partial charge in [0.15, 0.2) is 0 Å². The second-order valence-corrected chi connectivity index (χ2v) is 8.69. The van der Waals surface area contributed by atoms with E-state index in [2.05, 4.69) is 10.2 Å². The van der Waals surface area contributed by atoms with Gasteiger partial charge >= 0.3 is 0 Å². The van der Waals surface area contributed by atoms with Crippen molar-refractivity contribution >= 4 is 22.6 Å². The van der Waals surface area contributed by atoms with Gasteiger partial charge < -0.3 is 19.6 Å². The molecule has 1 saturated heterocycles. The number of aromatic hydroxyl groups is 1. The highest BCUT2D eigenvalue weighted by Gasteiger charge is 2.27. The minimum Gasteiger partial charge on any atom is -0.508 e. The Morgan fingerprint density at radius 2 is 1.84 bits per heavy atom. The van der Waals surface area contributed by atoms with Gasteiger partial charge in [-0.15, -0.1) is 0 Å². The molecule has 1 aliphatic heterocycles. The number of hydrogen-bond acceptors (Lipinski definition) is 5. The monoisotopic (exact) mass is 422 g/mol. The average molecular weight is 423 g/mol. The van der Waals surface area contributed by atoms with Crippen LogP contribution in [-0.4, -0.2) is 41.2 Å². The molecule has 1 aromatic heterocycles. The SMILES string of the molecule is Cc1ccc(NC(=O)c2c(C)oc3ccc(O)c(CN4C[C@@H](C)O[C@H](C)C4)c23)c(C)c1. The van der Waals surface area contributed by atoms with Crippen molar-refractivity contribution in [1.29, 1.82) is 0 Å². The highest BCUT2D eigenvalue weighted by molar-refractivity contribution is 6.14. The Kier molecular flexibility index (Phi) is 5.77. The Bertz CT molecular complexity index is 1120. The predicted octanol–water partition coefficient (Wildman–Crippen LogP) is 4.93. The van der Waals surface area contributed by atoms with Crippen LogP contribution in [0.25, 0.3) is 11.0 Å². The number of fused-ring (bicyclic) bond motifs is 1. The molecule has 0 aliphatic carbocycles. The minimum atomic E-state index is -0.237. The fourth-order valence-electron chi connectivity index (χ4n) is 4.58. The number of ether oxygens (including phenoxy) is 1. The molecular formula is C25H30N2O4. The smallest absolute Gasteiger partial charge is 0.259 e. The molecule has 3 aromatic rings. The summed E-state index contributed by atoms with van der Waals surface area (Å²) in [5, 5.41) is 14.4. The van der Waals surface area contributed by atoms with E-state index < -0.39 is 0 Å². The number of furan rings is 1. The van der Waals surface area contributed by atoms with Crippen LogP contribution in [0.3, 0.4) is 0 Å². The second-order valence-electron chi connectivity index (χ2n) is 8.69. The van der Waals surface area contributed by atoms with E-state index in [1.807, 2.05) is 45.9 Å². The lowest BCUT2D eigenvalue weighted by atomic mass is 10.0. The van der Waals surface area contributed by atoms with Crippen LogP contribution in [0.15, 0.2) is 34.7 Å². The number of benzene rings is 2. The van der Waals surface area contributed by atoms with Gasteiger partial charge in [-0.2, -0.15) is 0 Å². The van der Waals surface area contributed by atoms with Crippen molar-refractivity contribution in [1.82, 2.24) is 4.90 Å². The molecule has 0 unspecified atom stereocenters. The second kappa shape index (κ2) is 8.36. The Labute approximate surface area is 182 Å². The van der Waals surface area contributed by atoms with E-state index in [-0.39, 0.29) is 23.9 Å². The number of rotatable bonds is 4. The van der Waals surface area contributed by atoms with Crippen molar-refractivity contribution in [2.75, 3.05) is 18.4 Å². The third-order valence-electron chi connectivity index (χ3n) is 5.85. The van der Waals surface area contributed by atoms with Gasteiger partial charge in [0.05, 0.1) is 17.8 Å². The fourth-order valence-corrected chi connectivity index (χ4v) is 4.58. The standard InChI is InChI=1S/C25H30N2O4/c1-14-6-7-20(15(2)10-14)26-25(29)23-18(5)31-22-9-8-21(28)19(24(22)23)13-27-11-16(3)30-17(4)12-27/h6-10,16-17,28H,11-13H2,1-5H3,(H,26,29)/t16-,17-/m1/s1. The Morgan fingerprint density at radius 1 is 1.13 bits per heavy atom. The summed E-state index contributed by atoms with van der Waals surface area (Å²) in [5.41, 5.74) is 4.68. The van der Waals surface area contributed by atoms with E-state index in [4.69, 9.17) is 9.15 Å². The summed E-state index contributed by atoms with van der Waals surface area (Å²) >= 11 is 0. The number of anilines is 1. The number of amides is 1. The predicted molar refractivity (Wildman–Crippen MR) is 122 cm³/mol. The zero-order valence-corrected chi connectivity index (χ0v) is 18.8. The lowest BCUT2D eigenvalue weighted by Crippen LogP contribution is -2.44. The van der Waals surface area contributed by atoms with E-state index in [0.717, 1.165) is 29.9 Å². The quantitative estimate of drug-likeness (QED) is 0.624. The number of aryl methyl sites for hydroxylation is 3. The molecule has 0 spiro atoms. The summed E-state index contributed by atoms with van der Waals surface area (Å²) in [6.45, 7) is 11.9. The Morgan fingerprint density at radius 3 is 2.52 bits per heavy atom. The molecule has 2 atom stereocenters. The molecule has 1 aliphatic rings. The largest absolute Gasteiger partial charge is 0.508 e. The van der Waals surface area contributed by atoms with Crippen LogP contribution in [0.1, 0.15) is 46.7 Å². The fraction of sp³-hybridized carbons (Fsp3) is 0.400. The van der Waals surface area contributed by atoms with Crippen LogP contribution in [0.5, 0.6) is 5.75 Å². The number of nitrogens with zero attached hydrogens (tertiary/aromatic N) is 1. The molecule has 0 saturated carbocycles. The van der Waals surface area contributed by atoms with Crippen LogP contribution in [-0.2, 0) is 11.3 Å². The number of phenols is 1. The van der Waals surface area contributed by atoms with Gasteiger partial charge in [-0.25, -0.2) is 0 Å². The molecular weight excluding hydrogens is 392 g/mol. The molecule has 2 heterocycles. The number of morpholine rings is 1. The van der Waals surface area contributed by atoms with Crippen LogP contribution >= 0.6 is 0 Å². The number of carbonyl (C=O) groups is 1. The first-order valence-electron chi connectivity index (χ1n) is 10.7. The Hall–Kier alpha value is -2.83. The Balaban J connectivity index is 1.73. The lowest BCUT2D eigenvalue weighted by molar-refractivity contribution is -0.0705. The summed E-state index contributed by atoms with van der Waals surface area (Å²) < 4.78 is 11.8. The molecule has 2 N–H and O–H groups in total. The third-order valence-corrected chi connectivity index (χ3v) is 5.85. The molecule has 6 heteroatoms. The van der Waals surface area contributed by atoms with Gasteiger partial charge in [0.1, 0.15) is 17.1 Å². The summed E-state index contributed by atoms with van der Waals surface area (Å²) in [5.74, 6) is 0.465. The van der Waals surface area contributed by atoms with Gasteiger partial charge in [0.2, 0.25) is 0 Å². The molecule has 0 radical (unpaired) electrons. The van der Waals surface area contributed by atoms with Crippen LogP contribution in [0, 0.1) is 20.8 Å². The topological polar surface area (TPSA) is 74.9 Å². The van der Waals surface area contributed by atoms with E-state index in [1.165, 1.54) is 0 Å². The van der Waals surface area contributed by atoms with Crippen LogP contribution in [0.4, 0.5) is 5.69 Å². The molecule has 6 nitrogen and oxygen atoms in total.